The van der Waals surface area contributed by atoms with E-state index in [2.05, 4.69) is 19.2 Å². The van der Waals surface area contributed by atoms with E-state index in [9.17, 15) is 0 Å². The Morgan fingerprint density at radius 3 is 2.25 bits per heavy atom. The molecule has 0 aromatic heterocycles. The molecule has 0 radical (unpaired) electrons. The second-order valence-electron chi connectivity index (χ2n) is 4.22. The maximum Gasteiger partial charge on any atom is 0.0459 e. The molecule has 0 saturated heterocycles. The van der Waals surface area contributed by atoms with Crippen molar-refractivity contribution in [3.05, 3.63) is 0 Å². The normalized spacial score (nSPS) is 31.0. The molecule has 0 spiro atoms. The summed E-state index contributed by atoms with van der Waals surface area (Å²) in [7, 11) is 0. The molecular weight excluding hydrogens is 150 g/mol. The lowest BCUT2D eigenvalue weighted by atomic mass is 9.86. The summed E-state index contributed by atoms with van der Waals surface area (Å²) in [5.41, 5.74) is 0. The topological polar surface area (TPSA) is 32.3 Å². The molecule has 1 aliphatic rings. The van der Waals surface area contributed by atoms with Crippen LogP contribution in [0.2, 0.25) is 0 Å². The van der Waals surface area contributed by atoms with Crippen LogP contribution in [0.15, 0.2) is 0 Å². The van der Waals surface area contributed by atoms with Gasteiger partial charge in [0.1, 0.15) is 0 Å². The molecule has 0 heterocycles. The zero-order valence-corrected chi connectivity index (χ0v) is 8.21. The van der Waals surface area contributed by atoms with Crippen LogP contribution in [0.3, 0.4) is 0 Å². The van der Waals surface area contributed by atoms with Crippen LogP contribution in [0.1, 0.15) is 39.5 Å². The van der Waals surface area contributed by atoms with Crippen LogP contribution in [-0.4, -0.2) is 23.8 Å². The van der Waals surface area contributed by atoms with E-state index in [1.54, 1.807) is 0 Å². The van der Waals surface area contributed by atoms with Crippen LogP contribution in [0, 0.1) is 5.92 Å². The molecule has 2 N–H and O–H groups in total. The number of rotatable bonds is 3. The van der Waals surface area contributed by atoms with Crippen molar-refractivity contribution in [1.29, 1.82) is 0 Å². The van der Waals surface area contributed by atoms with Crippen LogP contribution in [0.25, 0.3) is 0 Å². The molecule has 0 aromatic rings. The lowest BCUT2D eigenvalue weighted by Crippen LogP contribution is -2.37. The van der Waals surface area contributed by atoms with Gasteiger partial charge in [0.05, 0.1) is 0 Å². The zero-order chi connectivity index (χ0) is 8.97. The molecule has 0 atom stereocenters. The lowest BCUT2D eigenvalue weighted by Gasteiger charge is -2.29. The van der Waals surface area contributed by atoms with E-state index in [0.717, 1.165) is 0 Å². The Balaban J connectivity index is 2.17. The quantitative estimate of drug-likeness (QED) is 0.675. The fourth-order valence-corrected chi connectivity index (χ4v) is 1.98. The third-order valence-electron chi connectivity index (χ3n) is 2.67. The summed E-state index contributed by atoms with van der Waals surface area (Å²) < 4.78 is 0. The standard InChI is InChI=1S/C10H21NO/c1-8(2)11-10-5-3-9(7-12)4-6-10/h8-12H,3-7H2,1-2H3/t9-,10+. The van der Waals surface area contributed by atoms with E-state index in [0.29, 0.717) is 24.6 Å². The Morgan fingerprint density at radius 1 is 1.25 bits per heavy atom. The molecule has 72 valence electrons. The van der Waals surface area contributed by atoms with Crippen molar-refractivity contribution in [3.63, 3.8) is 0 Å². The van der Waals surface area contributed by atoms with E-state index in [4.69, 9.17) is 5.11 Å². The highest BCUT2D eigenvalue weighted by molar-refractivity contribution is 4.77. The largest absolute Gasteiger partial charge is 0.396 e. The van der Waals surface area contributed by atoms with Gasteiger partial charge in [-0.25, -0.2) is 0 Å². The minimum absolute atomic E-state index is 0.383. The maximum absolute atomic E-state index is 8.94. The first-order chi connectivity index (χ1) is 5.72. The van der Waals surface area contributed by atoms with E-state index in [1.165, 1.54) is 25.7 Å². The first kappa shape index (κ1) is 10.0. The van der Waals surface area contributed by atoms with Gasteiger partial charge in [0, 0.05) is 18.7 Å². The van der Waals surface area contributed by atoms with E-state index >= 15 is 0 Å². The number of nitrogens with one attached hydrogen (secondary N) is 1. The summed E-state index contributed by atoms with van der Waals surface area (Å²) in [6, 6.07) is 1.30. The third-order valence-corrected chi connectivity index (χ3v) is 2.67. The van der Waals surface area contributed by atoms with Crippen LogP contribution < -0.4 is 5.32 Å². The summed E-state index contributed by atoms with van der Waals surface area (Å²) in [6.45, 7) is 4.77. The lowest BCUT2D eigenvalue weighted by molar-refractivity contribution is 0.173. The van der Waals surface area contributed by atoms with Gasteiger partial charge in [0.25, 0.3) is 0 Å². The minimum atomic E-state index is 0.383. The number of hydrogen-bond acceptors (Lipinski definition) is 2. The molecular formula is C10H21NO. The Bertz CT molecular complexity index is 117. The minimum Gasteiger partial charge on any atom is -0.396 e. The molecule has 0 aromatic carbocycles. The highest BCUT2D eigenvalue weighted by Gasteiger charge is 2.20. The smallest absolute Gasteiger partial charge is 0.0459 e. The average molecular weight is 171 g/mol. The van der Waals surface area contributed by atoms with Gasteiger partial charge < -0.3 is 10.4 Å². The zero-order valence-electron chi connectivity index (χ0n) is 8.21. The summed E-state index contributed by atoms with van der Waals surface area (Å²) in [5, 5.41) is 12.5. The molecule has 1 saturated carbocycles. The molecule has 0 bridgehead atoms. The Morgan fingerprint density at radius 2 is 1.83 bits per heavy atom. The van der Waals surface area contributed by atoms with Crippen LogP contribution in [0.5, 0.6) is 0 Å². The second kappa shape index (κ2) is 4.83. The number of aliphatic hydroxyl groups excluding tert-OH is 1. The van der Waals surface area contributed by atoms with Gasteiger partial charge in [-0.3, -0.25) is 0 Å². The molecule has 0 aliphatic heterocycles. The van der Waals surface area contributed by atoms with Gasteiger partial charge in [-0.05, 0) is 31.6 Å². The summed E-state index contributed by atoms with van der Waals surface area (Å²) >= 11 is 0. The fraction of sp³-hybridized carbons (Fsp3) is 1.00. The molecule has 2 heteroatoms. The van der Waals surface area contributed by atoms with Gasteiger partial charge in [0.2, 0.25) is 0 Å². The first-order valence-corrected chi connectivity index (χ1v) is 5.09. The fourth-order valence-electron chi connectivity index (χ4n) is 1.98. The Labute approximate surface area is 75.4 Å². The van der Waals surface area contributed by atoms with Crippen molar-refractivity contribution >= 4 is 0 Å². The Kier molecular flexibility index (Phi) is 4.02. The monoisotopic (exact) mass is 171 g/mol. The first-order valence-electron chi connectivity index (χ1n) is 5.09. The van der Waals surface area contributed by atoms with E-state index in [1.807, 2.05) is 0 Å². The summed E-state index contributed by atoms with van der Waals surface area (Å²) in [5.74, 6) is 0.579. The summed E-state index contributed by atoms with van der Waals surface area (Å²) in [6.07, 6.45) is 4.87. The van der Waals surface area contributed by atoms with Crippen LogP contribution >= 0.6 is 0 Å². The SMILES string of the molecule is CC(C)N[C@H]1CC[C@@H](CO)CC1. The van der Waals surface area contributed by atoms with Gasteiger partial charge in [-0.1, -0.05) is 13.8 Å². The summed E-state index contributed by atoms with van der Waals surface area (Å²) in [4.78, 5) is 0. The van der Waals surface area contributed by atoms with Crippen LogP contribution in [0.4, 0.5) is 0 Å². The molecule has 1 fully saturated rings. The van der Waals surface area contributed by atoms with Gasteiger partial charge in [0.15, 0.2) is 0 Å². The number of hydrogen-bond donors (Lipinski definition) is 2. The van der Waals surface area contributed by atoms with Crippen LogP contribution in [-0.2, 0) is 0 Å². The average Bonchev–Trinajstić information content (AvgIpc) is 2.05. The predicted octanol–water partition coefficient (Wildman–Crippen LogP) is 1.54. The van der Waals surface area contributed by atoms with Crippen molar-refractivity contribution in [2.24, 2.45) is 5.92 Å². The third kappa shape index (κ3) is 3.11. The Hall–Kier alpha value is -0.0800. The van der Waals surface area contributed by atoms with Gasteiger partial charge in [-0.15, -0.1) is 0 Å². The number of aliphatic hydroxyl groups is 1. The van der Waals surface area contributed by atoms with Gasteiger partial charge >= 0.3 is 0 Å². The van der Waals surface area contributed by atoms with Crippen molar-refractivity contribution < 1.29 is 5.11 Å². The van der Waals surface area contributed by atoms with E-state index in [-0.39, 0.29) is 0 Å². The second-order valence-corrected chi connectivity index (χ2v) is 4.22. The van der Waals surface area contributed by atoms with Gasteiger partial charge in [-0.2, -0.15) is 0 Å². The van der Waals surface area contributed by atoms with Crippen molar-refractivity contribution in [2.75, 3.05) is 6.61 Å². The van der Waals surface area contributed by atoms with Crippen molar-refractivity contribution in [3.8, 4) is 0 Å². The maximum atomic E-state index is 8.94. The molecule has 2 nitrogen and oxygen atoms in total. The molecule has 1 rings (SSSR count). The van der Waals surface area contributed by atoms with Crippen molar-refractivity contribution in [2.45, 2.75) is 51.6 Å². The molecule has 0 unspecified atom stereocenters. The highest BCUT2D eigenvalue weighted by Crippen LogP contribution is 2.23. The molecule has 0 amide bonds. The van der Waals surface area contributed by atoms with E-state index < -0.39 is 0 Å². The molecule has 1 aliphatic carbocycles. The van der Waals surface area contributed by atoms with Crippen molar-refractivity contribution in [1.82, 2.24) is 5.32 Å². The molecule has 12 heavy (non-hydrogen) atoms. The highest BCUT2D eigenvalue weighted by atomic mass is 16.3. The predicted molar refractivity (Wildman–Crippen MR) is 51.1 cm³/mol.